The van der Waals surface area contributed by atoms with Gasteiger partial charge in [0.2, 0.25) is 0 Å². The van der Waals surface area contributed by atoms with Gasteiger partial charge in [-0.1, -0.05) is 18.2 Å². The smallest absolute Gasteiger partial charge is 0.339 e. The van der Waals surface area contributed by atoms with Gasteiger partial charge in [-0.05, 0) is 30.3 Å². The number of esters is 1. The Hall–Kier alpha value is -3.59. The van der Waals surface area contributed by atoms with Crippen molar-refractivity contribution >= 4 is 16.9 Å². The van der Waals surface area contributed by atoms with E-state index in [1.807, 2.05) is 24.3 Å². The van der Waals surface area contributed by atoms with E-state index in [9.17, 15) is 4.79 Å². The topological polar surface area (TPSA) is 81.4 Å². The fraction of sp³-hybridized carbons (Fsp3) is 0.150. The fourth-order valence-electron chi connectivity index (χ4n) is 2.66. The Bertz CT molecular complexity index is 1010. The Balaban J connectivity index is 2.15. The number of hydrogen-bond acceptors (Lipinski definition) is 6. The lowest BCUT2D eigenvalue weighted by Crippen LogP contribution is -2.07. The summed E-state index contributed by atoms with van der Waals surface area (Å²) < 4.78 is 15.6. The van der Waals surface area contributed by atoms with E-state index in [1.54, 1.807) is 44.6 Å². The lowest BCUT2D eigenvalue weighted by Gasteiger charge is -2.11. The molecule has 6 heteroatoms. The maximum Gasteiger partial charge on any atom is 0.339 e. The number of carbonyl (C=O) groups is 1. The van der Waals surface area contributed by atoms with Crippen LogP contribution in [-0.4, -0.2) is 31.8 Å². The number of hydrogen-bond donors (Lipinski definition) is 0. The van der Waals surface area contributed by atoms with Gasteiger partial charge in [0.05, 0.1) is 31.0 Å². The number of methoxy groups -OCH3 is 2. The van der Waals surface area contributed by atoms with Gasteiger partial charge in [-0.25, -0.2) is 9.78 Å². The Kier molecular flexibility index (Phi) is 4.99. The summed E-state index contributed by atoms with van der Waals surface area (Å²) in [5, 5.41) is 9.32. The Morgan fingerprint density at radius 1 is 1.08 bits per heavy atom. The van der Waals surface area contributed by atoms with Crippen LogP contribution in [0.5, 0.6) is 11.5 Å². The summed E-state index contributed by atoms with van der Waals surface area (Å²) in [6.45, 7) is -0.304. The molecule has 0 N–H and O–H groups in total. The van der Waals surface area contributed by atoms with Gasteiger partial charge in [-0.3, -0.25) is 0 Å². The Morgan fingerprint density at radius 2 is 1.85 bits per heavy atom. The average Bonchev–Trinajstić information content (AvgIpc) is 2.70. The lowest BCUT2D eigenvalue weighted by molar-refractivity contribution is 0.0557. The Morgan fingerprint density at radius 3 is 2.58 bits per heavy atom. The average molecular weight is 348 g/mol. The molecule has 1 aromatic heterocycles. The van der Waals surface area contributed by atoms with Crippen LogP contribution in [-0.2, 0) is 4.74 Å². The molecule has 0 unspecified atom stereocenters. The van der Waals surface area contributed by atoms with E-state index in [4.69, 9.17) is 19.5 Å². The van der Waals surface area contributed by atoms with Crippen LogP contribution >= 0.6 is 0 Å². The zero-order chi connectivity index (χ0) is 18.5. The van der Waals surface area contributed by atoms with Crippen molar-refractivity contribution in [3.05, 3.63) is 54.1 Å². The van der Waals surface area contributed by atoms with Crippen molar-refractivity contribution in [3.63, 3.8) is 0 Å². The first-order chi connectivity index (χ1) is 12.7. The molecule has 3 rings (SSSR count). The van der Waals surface area contributed by atoms with Crippen molar-refractivity contribution in [2.75, 3.05) is 20.8 Å². The monoisotopic (exact) mass is 348 g/mol. The molecule has 0 atom stereocenters. The third-order valence-corrected chi connectivity index (χ3v) is 3.88. The van der Waals surface area contributed by atoms with Gasteiger partial charge in [0, 0.05) is 10.9 Å². The zero-order valence-corrected chi connectivity index (χ0v) is 14.4. The molecule has 0 spiro atoms. The highest BCUT2D eigenvalue weighted by Crippen LogP contribution is 2.33. The summed E-state index contributed by atoms with van der Waals surface area (Å²) >= 11 is 0. The molecule has 26 heavy (non-hydrogen) atoms. The second-order valence-corrected chi connectivity index (χ2v) is 5.38. The van der Waals surface area contributed by atoms with Gasteiger partial charge >= 0.3 is 5.97 Å². The van der Waals surface area contributed by atoms with E-state index in [0.29, 0.717) is 33.7 Å². The van der Waals surface area contributed by atoms with E-state index in [0.717, 1.165) is 5.56 Å². The van der Waals surface area contributed by atoms with Gasteiger partial charge in [0.25, 0.3) is 0 Å². The first-order valence-electron chi connectivity index (χ1n) is 7.84. The standard InChI is InChI=1S/C20H16N2O4/c1-24-18-8-7-13(11-19(18)25-2)17-12-15(20(23)26-10-9-21)14-5-3-4-6-16(14)22-17/h3-8,11-12H,10H2,1-2H3. The minimum atomic E-state index is -0.563. The number of carbonyl (C=O) groups excluding carboxylic acids is 1. The van der Waals surface area contributed by atoms with Crippen molar-refractivity contribution < 1.29 is 19.0 Å². The van der Waals surface area contributed by atoms with Crippen LogP contribution in [0.15, 0.2) is 48.5 Å². The molecule has 130 valence electrons. The molecule has 0 saturated heterocycles. The summed E-state index contributed by atoms with van der Waals surface area (Å²) in [6, 6.07) is 16.1. The number of rotatable bonds is 5. The van der Waals surface area contributed by atoms with Crippen molar-refractivity contribution in [1.29, 1.82) is 5.26 Å². The van der Waals surface area contributed by atoms with Crippen LogP contribution in [0.2, 0.25) is 0 Å². The predicted molar refractivity (Wildman–Crippen MR) is 96.2 cm³/mol. The number of benzene rings is 2. The van der Waals surface area contributed by atoms with Crippen LogP contribution < -0.4 is 9.47 Å². The highest BCUT2D eigenvalue weighted by Gasteiger charge is 2.16. The molecule has 3 aromatic rings. The Labute approximate surface area is 150 Å². The molecule has 1 heterocycles. The van der Waals surface area contributed by atoms with Crippen molar-refractivity contribution in [2.24, 2.45) is 0 Å². The highest BCUT2D eigenvalue weighted by atomic mass is 16.5. The van der Waals surface area contributed by atoms with Gasteiger partial charge in [-0.2, -0.15) is 5.26 Å². The first kappa shape index (κ1) is 17.2. The summed E-state index contributed by atoms with van der Waals surface area (Å²) in [5.74, 6) is 0.603. The second-order valence-electron chi connectivity index (χ2n) is 5.38. The van der Waals surface area contributed by atoms with E-state index >= 15 is 0 Å². The van der Waals surface area contributed by atoms with Crippen molar-refractivity contribution in [3.8, 4) is 28.8 Å². The maximum atomic E-state index is 12.4. The highest BCUT2D eigenvalue weighted by molar-refractivity contribution is 6.04. The zero-order valence-electron chi connectivity index (χ0n) is 14.4. The quantitative estimate of drug-likeness (QED) is 0.655. The number of nitriles is 1. The molecule has 0 radical (unpaired) electrons. The van der Waals surface area contributed by atoms with Crippen LogP contribution in [0, 0.1) is 11.3 Å². The lowest BCUT2D eigenvalue weighted by atomic mass is 10.0. The summed E-state index contributed by atoms with van der Waals surface area (Å²) in [4.78, 5) is 17.0. The summed E-state index contributed by atoms with van der Waals surface area (Å²) in [7, 11) is 3.12. The van der Waals surface area contributed by atoms with Crippen LogP contribution in [0.25, 0.3) is 22.2 Å². The van der Waals surface area contributed by atoms with Crippen LogP contribution in [0.3, 0.4) is 0 Å². The van der Waals surface area contributed by atoms with Gasteiger partial charge in [0.1, 0.15) is 6.07 Å². The molecule has 0 saturated carbocycles. The second kappa shape index (κ2) is 7.53. The number of nitrogens with zero attached hydrogens (tertiary/aromatic N) is 2. The van der Waals surface area contributed by atoms with E-state index < -0.39 is 5.97 Å². The van der Waals surface area contributed by atoms with Gasteiger partial charge in [-0.15, -0.1) is 0 Å². The molecule has 0 fully saturated rings. The normalized spacial score (nSPS) is 10.2. The number of para-hydroxylation sites is 1. The molecule has 0 bridgehead atoms. The van der Waals surface area contributed by atoms with Gasteiger partial charge < -0.3 is 14.2 Å². The van der Waals surface area contributed by atoms with E-state index in [1.165, 1.54) is 0 Å². The largest absolute Gasteiger partial charge is 0.493 e. The summed E-state index contributed by atoms with van der Waals surface area (Å²) in [6.07, 6.45) is 0. The van der Waals surface area contributed by atoms with E-state index in [2.05, 4.69) is 4.98 Å². The molecule has 0 aliphatic carbocycles. The minimum absolute atomic E-state index is 0.304. The third kappa shape index (κ3) is 3.28. The number of pyridine rings is 1. The van der Waals surface area contributed by atoms with E-state index in [-0.39, 0.29) is 6.61 Å². The fourth-order valence-corrected chi connectivity index (χ4v) is 2.66. The predicted octanol–water partition coefficient (Wildman–Crippen LogP) is 3.60. The van der Waals surface area contributed by atoms with Crippen molar-refractivity contribution in [2.45, 2.75) is 0 Å². The molecule has 0 aliphatic heterocycles. The third-order valence-electron chi connectivity index (χ3n) is 3.88. The molecular formula is C20H16N2O4. The molecule has 2 aromatic carbocycles. The molecule has 0 amide bonds. The summed E-state index contributed by atoms with van der Waals surface area (Å²) in [5.41, 5.74) is 2.37. The van der Waals surface area contributed by atoms with Crippen molar-refractivity contribution in [1.82, 2.24) is 4.98 Å². The maximum absolute atomic E-state index is 12.4. The number of ether oxygens (including phenoxy) is 3. The van der Waals surface area contributed by atoms with Crippen LogP contribution in [0.1, 0.15) is 10.4 Å². The minimum Gasteiger partial charge on any atom is -0.493 e. The number of fused-ring (bicyclic) bond motifs is 1. The molecule has 0 aliphatic rings. The number of aromatic nitrogens is 1. The SMILES string of the molecule is COc1ccc(-c2cc(C(=O)OCC#N)c3ccccc3n2)cc1OC. The van der Waals surface area contributed by atoms with Crippen LogP contribution in [0.4, 0.5) is 0 Å². The first-order valence-corrected chi connectivity index (χ1v) is 7.84. The molecule has 6 nitrogen and oxygen atoms in total. The van der Waals surface area contributed by atoms with Gasteiger partial charge in [0.15, 0.2) is 18.1 Å². The molecular weight excluding hydrogens is 332 g/mol.